The Morgan fingerprint density at radius 3 is 1.54 bits per heavy atom. The number of hydrogen-bond acceptors (Lipinski definition) is 7. The molecular weight excluding hydrogens is 634 g/mol. The van der Waals surface area contributed by atoms with Gasteiger partial charge >= 0.3 is 11.8 Å². The van der Waals surface area contributed by atoms with Gasteiger partial charge in [-0.25, -0.2) is 9.97 Å². The standard InChI is InChI=1S/C38H47N7O5/c1-22-19-45(20-23(2)50-22)36(49)35(48)44-32(38(6,7)8)34-40-18-29(42-34)27-15-11-25(12-16-27)24-9-13-26(14-10-24)28-17-39-33(41-28)31(37(3,4)5)43-30(47)21-46/h9-18,21-23,31-32H,19-20H2,1-8H3,(H,39,41)(H,40,42)(H,43,47)(H,44,48). The van der Waals surface area contributed by atoms with Gasteiger partial charge in [-0.15, -0.1) is 0 Å². The molecule has 3 amide bonds. The van der Waals surface area contributed by atoms with Gasteiger partial charge in [-0.1, -0.05) is 90.1 Å². The van der Waals surface area contributed by atoms with Crippen molar-refractivity contribution in [2.75, 3.05) is 13.1 Å². The molecule has 12 heteroatoms. The summed E-state index contributed by atoms with van der Waals surface area (Å²) >= 11 is 0. The molecule has 50 heavy (non-hydrogen) atoms. The van der Waals surface area contributed by atoms with Crippen LogP contribution in [0.4, 0.5) is 0 Å². The number of rotatable bonds is 8. The number of H-pyrrole nitrogens is 2. The Balaban J connectivity index is 1.27. The van der Waals surface area contributed by atoms with Crippen molar-refractivity contribution in [3.63, 3.8) is 0 Å². The number of imidazole rings is 2. The third kappa shape index (κ3) is 8.36. The molecule has 2 aromatic heterocycles. The topological polar surface area (TPSA) is 162 Å². The molecule has 1 aliphatic rings. The van der Waals surface area contributed by atoms with Gasteiger partial charge in [-0.3, -0.25) is 19.2 Å². The minimum atomic E-state index is -0.689. The second-order valence-corrected chi connectivity index (χ2v) is 15.2. The number of nitrogens with one attached hydrogen (secondary N) is 4. The molecule has 5 rings (SSSR count). The largest absolute Gasteiger partial charge is 0.372 e. The summed E-state index contributed by atoms with van der Waals surface area (Å²) in [6.07, 6.45) is 3.60. The zero-order valence-electron chi connectivity index (χ0n) is 30.0. The van der Waals surface area contributed by atoms with E-state index in [1.807, 2.05) is 110 Å². The molecule has 4 aromatic rings. The van der Waals surface area contributed by atoms with Gasteiger partial charge in [0, 0.05) is 36.6 Å². The van der Waals surface area contributed by atoms with E-state index in [1.54, 1.807) is 11.1 Å². The van der Waals surface area contributed by atoms with E-state index in [1.165, 1.54) is 0 Å². The maximum absolute atomic E-state index is 13.1. The van der Waals surface area contributed by atoms with Crippen molar-refractivity contribution in [2.24, 2.45) is 10.8 Å². The summed E-state index contributed by atoms with van der Waals surface area (Å²) in [6, 6.07) is 15.1. The number of aldehydes is 1. The van der Waals surface area contributed by atoms with Crippen LogP contribution in [0.5, 0.6) is 0 Å². The van der Waals surface area contributed by atoms with Gasteiger partial charge < -0.3 is 30.2 Å². The molecular formula is C38H47N7O5. The van der Waals surface area contributed by atoms with E-state index in [9.17, 15) is 19.2 Å². The van der Waals surface area contributed by atoms with Crippen LogP contribution in [0.2, 0.25) is 0 Å². The molecule has 2 aromatic carbocycles. The van der Waals surface area contributed by atoms with E-state index in [0.717, 1.165) is 33.6 Å². The van der Waals surface area contributed by atoms with E-state index in [2.05, 4.69) is 20.6 Å². The van der Waals surface area contributed by atoms with Crippen LogP contribution in [0.15, 0.2) is 60.9 Å². The highest BCUT2D eigenvalue weighted by Crippen LogP contribution is 2.34. The van der Waals surface area contributed by atoms with Gasteiger partial charge in [0.05, 0.1) is 35.7 Å². The highest BCUT2D eigenvalue weighted by molar-refractivity contribution is 6.35. The lowest BCUT2D eigenvalue weighted by molar-refractivity contribution is -0.154. The average molecular weight is 682 g/mol. The predicted octanol–water partition coefficient (Wildman–Crippen LogP) is 5.38. The van der Waals surface area contributed by atoms with E-state index >= 15 is 0 Å². The normalized spacial score (nSPS) is 17.9. The Hall–Kier alpha value is -5.10. The van der Waals surface area contributed by atoms with Crippen molar-refractivity contribution < 1.29 is 23.9 Å². The molecule has 1 aliphatic heterocycles. The fraction of sp³-hybridized carbons (Fsp3) is 0.421. The van der Waals surface area contributed by atoms with Crippen molar-refractivity contribution in [3.05, 3.63) is 72.6 Å². The first-order valence-corrected chi connectivity index (χ1v) is 16.9. The molecule has 0 saturated carbocycles. The van der Waals surface area contributed by atoms with Crippen LogP contribution in [0.1, 0.15) is 79.1 Å². The number of benzene rings is 2. The summed E-state index contributed by atoms with van der Waals surface area (Å²) in [5.74, 6) is -0.777. The number of carbonyl (C=O) groups is 4. The Bertz CT molecular complexity index is 1820. The molecule has 0 aliphatic carbocycles. The molecule has 3 heterocycles. The van der Waals surface area contributed by atoms with Crippen molar-refractivity contribution >= 4 is 24.0 Å². The first-order valence-electron chi connectivity index (χ1n) is 16.9. The summed E-state index contributed by atoms with van der Waals surface area (Å²) in [6.45, 7) is 16.4. The highest BCUT2D eigenvalue weighted by atomic mass is 16.5. The smallest absolute Gasteiger partial charge is 0.312 e. The number of nitrogens with zero attached hydrogens (tertiary/aromatic N) is 3. The van der Waals surface area contributed by atoms with Gasteiger partial charge in [-0.2, -0.15) is 0 Å². The number of carbonyl (C=O) groups excluding carboxylic acids is 4. The zero-order chi connectivity index (χ0) is 36.4. The van der Waals surface area contributed by atoms with Gasteiger partial charge in [0.25, 0.3) is 5.91 Å². The van der Waals surface area contributed by atoms with Crippen molar-refractivity contribution in [1.29, 1.82) is 0 Å². The molecule has 1 saturated heterocycles. The van der Waals surface area contributed by atoms with Crippen LogP contribution in [0.3, 0.4) is 0 Å². The monoisotopic (exact) mass is 681 g/mol. The second-order valence-electron chi connectivity index (χ2n) is 15.2. The average Bonchev–Trinajstić information content (AvgIpc) is 3.75. The summed E-state index contributed by atoms with van der Waals surface area (Å²) in [5.41, 5.74) is 4.51. The summed E-state index contributed by atoms with van der Waals surface area (Å²) in [7, 11) is 0. The highest BCUT2D eigenvalue weighted by Gasteiger charge is 2.35. The van der Waals surface area contributed by atoms with Crippen LogP contribution < -0.4 is 10.6 Å². The van der Waals surface area contributed by atoms with Crippen molar-refractivity contribution in [2.45, 2.75) is 79.7 Å². The zero-order valence-corrected chi connectivity index (χ0v) is 30.0. The fourth-order valence-electron chi connectivity index (χ4n) is 6.18. The van der Waals surface area contributed by atoms with Gasteiger partial charge in [0.15, 0.2) is 0 Å². The van der Waals surface area contributed by atoms with Crippen LogP contribution in [-0.4, -0.2) is 74.1 Å². The van der Waals surface area contributed by atoms with Gasteiger partial charge in [0.2, 0.25) is 6.29 Å². The maximum atomic E-state index is 13.1. The quantitative estimate of drug-likeness (QED) is 0.143. The van der Waals surface area contributed by atoms with E-state index in [0.29, 0.717) is 24.7 Å². The molecule has 4 atom stereocenters. The predicted molar refractivity (Wildman–Crippen MR) is 190 cm³/mol. The number of amides is 3. The molecule has 0 bridgehead atoms. The van der Waals surface area contributed by atoms with E-state index in [-0.39, 0.29) is 23.9 Å². The van der Waals surface area contributed by atoms with Crippen LogP contribution in [0.25, 0.3) is 33.6 Å². The molecule has 1 fully saturated rings. The lowest BCUT2D eigenvalue weighted by atomic mass is 9.86. The van der Waals surface area contributed by atoms with E-state index < -0.39 is 35.2 Å². The van der Waals surface area contributed by atoms with Crippen molar-refractivity contribution in [1.82, 2.24) is 35.5 Å². The molecule has 0 spiro atoms. The second kappa shape index (κ2) is 14.4. The van der Waals surface area contributed by atoms with Gasteiger partial charge in [-0.05, 0) is 35.8 Å². The number of morpholine rings is 1. The van der Waals surface area contributed by atoms with Crippen LogP contribution >= 0.6 is 0 Å². The molecule has 4 N–H and O–H groups in total. The summed E-state index contributed by atoms with van der Waals surface area (Å²) < 4.78 is 5.72. The third-order valence-electron chi connectivity index (χ3n) is 8.74. The summed E-state index contributed by atoms with van der Waals surface area (Å²) in [5, 5.41) is 5.67. The lowest BCUT2D eigenvalue weighted by Gasteiger charge is -2.35. The minimum absolute atomic E-state index is 0.136. The third-order valence-corrected chi connectivity index (χ3v) is 8.74. The minimum Gasteiger partial charge on any atom is -0.372 e. The van der Waals surface area contributed by atoms with Crippen molar-refractivity contribution in [3.8, 4) is 33.6 Å². The first kappa shape index (κ1) is 36.2. The summed E-state index contributed by atoms with van der Waals surface area (Å²) in [4.78, 5) is 66.4. The van der Waals surface area contributed by atoms with Crippen LogP contribution in [0, 0.1) is 10.8 Å². The Morgan fingerprint density at radius 2 is 1.14 bits per heavy atom. The SMILES string of the molecule is CC1CN(C(=O)C(=O)NC(c2nc(-c3ccc(-c4ccc(-c5c[nH]c(C(NC(=O)C=O)C(C)(C)C)n5)cc4)cc3)c[nH]2)C(C)(C)C)CC(C)O1. The maximum Gasteiger partial charge on any atom is 0.312 e. The first-order chi connectivity index (χ1) is 23.5. The van der Waals surface area contributed by atoms with Gasteiger partial charge in [0.1, 0.15) is 11.6 Å². The molecule has 4 unspecified atom stereocenters. The molecule has 264 valence electrons. The molecule has 0 radical (unpaired) electrons. The number of aromatic nitrogens is 4. The molecule has 12 nitrogen and oxygen atoms in total. The van der Waals surface area contributed by atoms with Crippen LogP contribution in [-0.2, 0) is 23.9 Å². The Kier molecular flexibility index (Phi) is 10.4. The Labute approximate surface area is 292 Å². The van der Waals surface area contributed by atoms with E-state index in [4.69, 9.17) is 14.7 Å². The fourth-order valence-corrected chi connectivity index (χ4v) is 6.18. The Morgan fingerprint density at radius 1 is 0.740 bits per heavy atom. The number of hydrogen-bond donors (Lipinski definition) is 4. The number of ether oxygens (including phenoxy) is 1. The lowest BCUT2D eigenvalue weighted by Crippen LogP contribution is -2.53. The number of aromatic amines is 2.